The summed E-state index contributed by atoms with van der Waals surface area (Å²) in [6.07, 6.45) is 17.2. The van der Waals surface area contributed by atoms with Gasteiger partial charge in [-0.05, 0) is 19.3 Å². The van der Waals surface area contributed by atoms with Crippen molar-refractivity contribution < 1.29 is 22.3 Å². The van der Waals surface area contributed by atoms with Gasteiger partial charge < -0.3 is 22.3 Å². The van der Waals surface area contributed by atoms with Crippen LogP contribution in [0.1, 0.15) is 90.9 Å². The molecule has 0 heterocycles. The van der Waals surface area contributed by atoms with Crippen molar-refractivity contribution in [3.63, 3.8) is 0 Å². The second kappa shape index (κ2) is 19.8. The van der Waals surface area contributed by atoms with Gasteiger partial charge in [-0.25, -0.2) is 0 Å². The summed E-state index contributed by atoms with van der Waals surface area (Å²) in [6, 6.07) is 0. The molecule has 0 spiro atoms. The van der Waals surface area contributed by atoms with Crippen molar-refractivity contribution in [3.8, 4) is 0 Å². The molecule has 0 bridgehead atoms. The van der Waals surface area contributed by atoms with Gasteiger partial charge in [0.05, 0.1) is 13.1 Å². The minimum absolute atomic E-state index is 0. The number of halogens is 1. The lowest BCUT2D eigenvalue weighted by Gasteiger charge is -2.02. The lowest BCUT2D eigenvalue weighted by molar-refractivity contribution is -0.655. The molecule has 0 rings (SSSR count). The third-order valence-electron chi connectivity index (χ3n) is 3.52. The minimum Gasteiger partial charge on any atom is -1.00 e. The molecule has 18 heavy (non-hydrogen) atoms. The van der Waals surface area contributed by atoms with Crippen LogP contribution in [0.25, 0.3) is 0 Å². The van der Waals surface area contributed by atoms with Crippen molar-refractivity contribution in [1.82, 2.24) is 0 Å². The molecule has 2 heteroatoms. The van der Waals surface area contributed by atoms with Crippen LogP contribution in [-0.4, -0.2) is 13.1 Å². The number of hydrogen-bond donors (Lipinski definition) is 1. The maximum atomic E-state index is 2.49. The van der Waals surface area contributed by atoms with E-state index in [2.05, 4.69) is 19.2 Å². The molecule has 0 fully saturated rings. The van der Waals surface area contributed by atoms with Crippen LogP contribution in [0.5, 0.6) is 0 Å². The van der Waals surface area contributed by atoms with E-state index in [4.69, 9.17) is 0 Å². The first-order valence-corrected chi connectivity index (χ1v) is 8.23. The fourth-order valence-corrected chi connectivity index (χ4v) is 2.27. The van der Waals surface area contributed by atoms with E-state index in [9.17, 15) is 0 Å². The molecule has 0 aliphatic rings. The fraction of sp³-hybridized carbons (Fsp3) is 1.00. The highest BCUT2D eigenvalue weighted by atomic mass is 79.9. The van der Waals surface area contributed by atoms with Gasteiger partial charge >= 0.3 is 0 Å². The summed E-state index contributed by atoms with van der Waals surface area (Å²) in [5.74, 6) is 0. The lowest BCUT2D eigenvalue weighted by Crippen LogP contribution is -3.00. The van der Waals surface area contributed by atoms with E-state index < -0.39 is 0 Å². The van der Waals surface area contributed by atoms with Crippen LogP contribution in [0.4, 0.5) is 0 Å². The lowest BCUT2D eigenvalue weighted by atomic mass is 10.1. The Labute approximate surface area is 126 Å². The normalized spacial score (nSPS) is 10.3. The summed E-state index contributed by atoms with van der Waals surface area (Å²) in [7, 11) is 0. The molecule has 0 saturated carbocycles. The molecule has 0 amide bonds. The number of rotatable bonds is 14. The first-order valence-electron chi connectivity index (χ1n) is 8.23. The Bertz CT molecular complexity index is 114. The topological polar surface area (TPSA) is 16.6 Å². The summed E-state index contributed by atoms with van der Waals surface area (Å²) < 4.78 is 0. The van der Waals surface area contributed by atoms with Crippen LogP contribution in [0.3, 0.4) is 0 Å². The second-order valence-electron chi connectivity index (χ2n) is 5.40. The maximum Gasteiger partial charge on any atom is 0.0755 e. The zero-order valence-corrected chi connectivity index (χ0v) is 14.4. The predicted octanol–water partition coefficient (Wildman–Crippen LogP) is 1.27. The molecule has 2 N–H and O–H groups in total. The van der Waals surface area contributed by atoms with Gasteiger partial charge in [0, 0.05) is 0 Å². The highest BCUT2D eigenvalue weighted by Gasteiger charge is 1.94. The van der Waals surface area contributed by atoms with Gasteiger partial charge in [-0.15, -0.1) is 0 Å². The standard InChI is InChI=1S/C16H35N.BrH/c1-3-5-7-8-9-10-11-12-13-14-16-17-15-6-4-2;/h17H,3-16H2,1-2H3;1H. The van der Waals surface area contributed by atoms with Crippen LogP contribution in [-0.2, 0) is 0 Å². The molecule has 0 aliphatic carbocycles. The Hall–Kier alpha value is 0.440. The third kappa shape index (κ3) is 18.8. The molecule has 0 unspecified atom stereocenters. The van der Waals surface area contributed by atoms with Crippen molar-refractivity contribution >= 4 is 0 Å². The summed E-state index contributed by atoms with van der Waals surface area (Å²) in [5, 5.41) is 2.49. The van der Waals surface area contributed by atoms with Gasteiger partial charge in [0.15, 0.2) is 0 Å². The van der Waals surface area contributed by atoms with Crippen LogP contribution < -0.4 is 22.3 Å². The quantitative estimate of drug-likeness (QED) is 0.464. The van der Waals surface area contributed by atoms with Gasteiger partial charge in [-0.2, -0.15) is 0 Å². The predicted molar refractivity (Wildman–Crippen MR) is 78.4 cm³/mol. The van der Waals surface area contributed by atoms with Gasteiger partial charge in [0.1, 0.15) is 0 Å². The monoisotopic (exact) mass is 321 g/mol. The van der Waals surface area contributed by atoms with Crippen LogP contribution in [0.15, 0.2) is 0 Å². The third-order valence-corrected chi connectivity index (χ3v) is 3.52. The first kappa shape index (κ1) is 20.8. The summed E-state index contributed by atoms with van der Waals surface area (Å²) in [5.41, 5.74) is 0. The van der Waals surface area contributed by atoms with Gasteiger partial charge in [0.25, 0.3) is 0 Å². The Balaban J connectivity index is 0. The largest absolute Gasteiger partial charge is 1.00 e. The molecular formula is C16H36BrN. The van der Waals surface area contributed by atoms with Crippen molar-refractivity contribution in [2.45, 2.75) is 90.9 Å². The molecule has 0 atom stereocenters. The molecule has 0 aromatic carbocycles. The molecule has 1 nitrogen and oxygen atoms in total. The molecular weight excluding hydrogens is 286 g/mol. The van der Waals surface area contributed by atoms with E-state index >= 15 is 0 Å². The van der Waals surface area contributed by atoms with Crippen LogP contribution in [0, 0.1) is 0 Å². The van der Waals surface area contributed by atoms with Gasteiger partial charge in [-0.1, -0.05) is 71.6 Å². The van der Waals surface area contributed by atoms with Gasteiger partial charge in [0.2, 0.25) is 0 Å². The molecule has 0 aromatic rings. The van der Waals surface area contributed by atoms with Crippen LogP contribution in [0.2, 0.25) is 0 Å². The Morgan fingerprint density at radius 3 is 1.39 bits per heavy atom. The van der Waals surface area contributed by atoms with E-state index in [1.807, 2.05) is 0 Å². The molecule has 112 valence electrons. The number of hydrogen-bond acceptors (Lipinski definition) is 0. The number of nitrogens with two attached hydrogens (primary N) is 1. The number of quaternary nitrogens is 1. The average molecular weight is 322 g/mol. The Morgan fingerprint density at radius 2 is 0.889 bits per heavy atom. The Morgan fingerprint density at radius 1 is 0.500 bits per heavy atom. The molecule has 0 aliphatic heterocycles. The highest BCUT2D eigenvalue weighted by Crippen LogP contribution is 2.09. The SMILES string of the molecule is CCCCCCCCCCCC[NH2+]CCCC.[Br-]. The molecule has 0 aromatic heterocycles. The smallest absolute Gasteiger partial charge is 0.0755 e. The second-order valence-corrected chi connectivity index (χ2v) is 5.40. The van der Waals surface area contributed by atoms with Crippen molar-refractivity contribution in [1.29, 1.82) is 0 Å². The first-order chi connectivity index (χ1) is 8.41. The van der Waals surface area contributed by atoms with Gasteiger partial charge in [-0.3, -0.25) is 0 Å². The van der Waals surface area contributed by atoms with E-state index in [1.54, 1.807) is 0 Å². The van der Waals surface area contributed by atoms with Crippen molar-refractivity contribution in [2.24, 2.45) is 0 Å². The molecule has 0 saturated heterocycles. The average Bonchev–Trinajstić information content (AvgIpc) is 2.35. The minimum atomic E-state index is 0. The molecule has 0 radical (unpaired) electrons. The van der Waals surface area contributed by atoms with E-state index in [1.165, 1.54) is 90.1 Å². The maximum absolute atomic E-state index is 2.49. The van der Waals surface area contributed by atoms with Crippen molar-refractivity contribution in [2.75, 3.05) is 13.1 Å². The van der Waals surface area contributed by atoms with E-state index in [0.29, 0.717) is 0 Å². The summed E-state index contributed by atoms with van der Waals surface area (Å²) >= 11 is 0. The van der Waals surface area contributed by atoms with E-state index in [0.717, 1.165) is 0 Å². The van der Waals surface area contributed by atoms with Crippen molar-refractivity contribution in [3.05, 3.63) is 0 Å². The zero-order chi connectivity index (χ0) is 12.6. The number of unbranched alkanes of at least 4 members (excludes halogenated alkanes) is 10. The summed E-state index contributed by atoms with van der Waals surface area (Å²) in [6.45, 7) is 7.26. The highest BCUT2D eigenvalue weighted by molar-refractivity contribution is 4.46. The van der Waals surface area contributed by atoms with E-state index in [-0.39, 0.29) is 17.0 Å². The Kier molecular flexibility index (Phi) is 22.8. The summed E-state index contributed by atoms with van der Waals surface area (Å²) in [4.78, 5) is 0. The van der Waals surface area contributed by atoms with Crippen LogP contribution >= 0.6 is 0 Å². The fourth-order valence-electron chi connectivity index (χ4n) is 2.27. The zero-order valence-electron chi connectivity index (χ0n) is 12.9.